The molecule has 2 aromatic carbocycles. The Morgan fingerprint density at radius 2 is 1.42 bits per heavy atom. The van der Waals surface area contributed by atoms with Crippen molar-refractivity contribution in [2.45, 2.75) is 55.7 Å². The highest BCUT2D eigenvalue weighted by Gasteiger charge is 2.32. The summed E-state index contributed by atoms with van der Waals surface area (Å²) in [5.74, 6) is -0.479. The Labute approximate surface area is 197 Å². The molecule has 0 aliphatic carbocycles. The number of anilines is 1. The number of rotatable bonds is 6. The first-order valence-corrected chi connectivity index (χ1v) is 14.2. The molecule has 180 valence electrons. The van der Waals surface area contributed by atoms with Crippen molar-refractivity contribution in [3.8, 4) is 0 Å². The van der Waals surface area contributed by atoms with Crippen molar-refractivity contribution in [1.29, 1.82) is 0 Å². The van der Waals surface area contributed by atoms with E-state index in [0.29, 0.717) is 18.5 Å². The molecule has 1 N–H and O–H groups in total. The maximum atomic E-state index is 13.0. The highest BCUT2D eigenvalue weighted by molar-refractivity contribution is 7.91. The second-order valence-electron chi connectivity index (χ2n) is 9.37. The zero-order valence-corrected chi connectivity index (χ0v) is 21.2. The van der Waals surface area contributed by atoms with Crippen LogP contribution in [0.2, 0.25) is 0 Å². The molecule has 1 amide bonds. The normalized spacial score (nSPS) is 16.5. The number of hydrogen-bond donors (Lipinski definition) is 1. The van der Waals surface area contributed by atoms with Gasteiger partial charge in [0.1, 0.15) is 0 Å². The van der Waals surface area contributed by atoms with E-state index in [-0.39, 0.29) is 45.9 Å². The van der Waals surface area contributed by atoms with Crippen molar-refractivity contribution in [3.05, 3.63) is 54.1 Å². The Morgan fingerprint density at radius 1 is 0.909 bits per heavy atom. The van der Waals surface area contributed by atoms with Gasteiger partial charge in [0.15, 0.2) is 9.84 Å². The van der Waals surface area contributed by atoms with E-state index in [4.69, 9.17) is 0 Å². The first-order chi connectivity index (χ1) is 15.3. The van der Waals surface area contributed by atoms with Crippen LogP contribution in [0.4, 0.5) is 5.69 Å². The smallest absolute Gasteiger partial charge is 0.243 e. The molecular weight excluding hydrogens is 460 g/mol. The first-order valence-electron chi connectivity index (χ1n) is 11.1. The van der Waals surface area contributed by atoms with E-state index in [1.165, 1.54) is 16.4 Å². The molecule has 0 radical (unpaired) electrons. The fourth-order valence-electron chi connectivity index (χ4n) is 3.79. The average molecular weight is 493 g/mol. The quantitative estimate of drug-likeness (QED) is 0.661. The van der Waals surface area contributed by atoms with Gasteiger partial charge in [0.25, 0.3) is 0 Å². The summed E-state index contributed by atoms with van der Waals surface area (Å²) in [6.07, 6.45) is 0.848. The number of nitrogens with one attached hydrogen (secondary N) is 1. The third-order valence-corrected chi connectivity index (χ3v) is 9.71. The minimum atomic E-state index is -3.61. The number of amides is 1. The number of sulfonamides is 1. The van der Waals surface area contributed by atoms with Gasteiger partial charge in [-0.25, -0.2) is 16.8 Å². The molecule has 0 atom stereocenters. The van der Waals surface area contributed by atoms with E-state index in [2.05, 4.69) is 26.1 Å². The minimum absolute atomic E-state index is 0.0148. The van der Waals surface area contributed by atoms with Gasteiger partial charge >= 0.3 is 0 Å². The molecule has 7 nitrogen and oxygen atoms in total. The van der Waals surface area contributed by atoms with Gasteiger partial charge in [-0.05, 0) is 60.2 Å². The summed E-state index contributed by atoms with van der Waals surface area (Å²) in [6, 6.07) is 13.1. The van der Waals surface area contributed by atoms with Crippen LogP contribution in [0.1, 0.15) is 46.1 Å². The Morgan fingerprint density at radius 3 is 1.91 bits per heavy atom. The number of sulfone groups is 1. The van der Waals surface area contributed by atoms with Crippen molar-refractivity contribution in [3.63, 3.8) is 0 Å². The van der Waals surface area contributed by atoms with Crippen LogP contribution in [0.5, 0.6) is 0 Å². The summed E-state index contributed by atoms with van der Waals surface area (Å²) < 4.78 is 51.3. The van der Waals surface area contributed by atoms with Crippen molar-refractivity contribution in [2.24, 2.45) is 5.92 Å². The predicted octanol–water partition coefficient (Wildman–Crippen LogP) is 3.82. The Bertz CT molecular complexity index is 1190. The van der Waals surface area contributed by atoms with Crippen molar-refractivity contribution in [1.82, 2.24) is 4.31 Å². The second-order valence-corrected chi connectivity index (χ2v) is 13.6. The van der Waals surface area contributed by atoms with Gasteiger partial charge in [-0.15, -0.1) is 0 Å². The number of nitrogens with zero attached hydrogens (tertiary/aromatic N) is 1. The zero-order chi connectivity index (χ0) is 24.4. The monoisotopic (exact) mass is 492 g/mol. The standard InChI is InChI=1S/C24H32N2O5S2/c1-5-32(28,29)21-12-8-20(9-13-21)25-23(27)18-14-16-26(17-15-18)33(30,31)22-10-6-19(7-11-22)24(2,3)4/h6-13,18H,5,14-17H2,1-4H3,(H,25,27). The first kappa shape index (κ1) is 25.4. The lowest BCUT2D eigenvalue weighted by Gasteiger charge is -2.30. The maximum absolute atomic E-state index is 13.0. The molecule has 1 fully saturated rings. The lowest BCUT2D eigenvalue weighted by atomic mass is 9.87. The Hall–Kier alpha value is -2.23. The maximum Gasteiger partial charge on any atom is 0.243 e. The van der Waals surface area contributed by atoms with Gasteiger partial charge in [0, 0.05) is 24.7 Å². The van der Waals surface area contributed by atoms with Crippen LogP contribution >= 0.6 is 0 Å². The number of benzene rings is 2. The molecule has 1 saturated heterocycles. The van der Waals surface area contributed by atoms with E-state index >= 15 is 0 Å². The molecular formula is C24H32N2O5S2. The largest absolute Gasteiger partial charge is 0.326 e. The summed E-state index contributed by atoms with van der Waals surface area (Å²) in [5.41, 5.74) is 1.53. The lowest BCUT2D eigenvalue weighted by Crippen LogP contribution is -2.41. The lowest BCUT2D eigenvalue weighted by molar-refractivity contribution is -0.120. The zero-order valence-electron chi connectivity index (χ0n) is 19.5. The average Bonchev–Trinajstić information content (AvgIpc) is 2.79. The van der Waals surface area contributed by atoms with Crippen LogP contribution in [-0.4, -0.2) is 45.9 Å². The van der Waals surface area contributed by atoms with Gasteiger partial charge in [-0.2, -0.15) is 4.31 Å². The predicted molar refractivity (Wildman–Crippen MR) is 129 cm³/mol. The van der Waals surface area contributed by atoms with Crippen LogP contribution in [0, 0.1) is 5.92 Å². The molecule has 0 aromatic heterocycles. The fraction of sp³-hybridized carbons (Fsp3) is 0.458. The highest BCUT2D eigenvalue weighted by atomic mass is 32.2. The number of hydrogen-bond acceptors (Lipinski definition) is 5. The third kappa shape index (κ3) is 5.83. The molecule has 0 spiro atoms. The number of piperidine rings is 1. The van der Waals surface area contributed by atoms with Gasteiger partial charge < -0.3 is 5.32 Å². The molecule has 33 heavy (non-hydrogen) atoms. The Kier molecular flexibility index (Phi) is 7.36. The SMILES string of the molecule is CCS(=O)(=O)c1ccc(NC(=O)C2CCN(S(=O)(=O)c3ccc(C(C)(C)C)cc3)CC2)cc1. The molecule has 1 aliphatic heterocycles. The molecule has 2 aromatic rings. The molecule has 0 saturated carbocycles. The van der Waals surface area contributed by atoms with E-state index in [1.54, 1.807) is 31.2 Å². The molecule has 0 bridgehead atoms. The van der Waals surface area contributed by atoms with E-state index in [1.807, 2.05) is 12.1 Å². The van der Waals surface area contributed by atoms with Crippen molar-refractivity contribution in [2.75, 3.05) is 24.2 Å². The van der Waals surface area contributed by atoms with Crippen molar-refractivity contribution >= 4 is 31.5 Å². The van der Waals surface area contributed by atoms with E-state index in [0.717, 1.165) is 5.56 Å². The minimum Gasteiger partial charge on any atom is -0.326 e. The van der Waals surface area contributed by atoms with Gasteiger partial charge in [-0.3, -0.25) is 4.79 Å². The summed E-state index contributed by atoms with van der Waals surface area (Å²) in [7, 11) is -6.90. The van der Waals surface area contributed by atoms with Crippen LogP contribution in [-0.2, 0) is 30.1 Å². The molecule has 9 heteroatoms. The van der Waals surface area contributed by atoms with Gasteiger partial charge in [0.2, 0.25) is 15.9 Å². The fourth-order valence-corrected chi connectivity index (χ4v) is 6.14. The van der Waals surface area contributed by atoms with Gasteiger partial charge in [-0.1, -0.05) is 39.8 Å². The van der Waals surface area contributed by atoms with E-state index < -0.39 is 19.9 Å². The van der Waals surface area contributed by atoms with Crippen LogP contribution in [0.15, 0.2) is 58.3 Å². The summed E-state index contributed by atoms with van der Waals surface area (Å²) in [5, 5.41) is 2.81. The molecule has 1 heterocycles. The van der Waals surface area contributed by atoms with Crippen LogP contribution < -0.4 is 5.32 Å². The molecule has 0 unspecified atom stereocenters. The topological polar surface area (TPSA) is 101 Å². The second kappa shape index (κ2) is 9.56. The van der Waals surface area contributed by atoms with Crippen molar-refractivity contribution < 1.29 is 21.6 Å². The molecule has 3 rings (SSSR count). The number of carbonyl (C=O) groups is 1. The van der Waals surface area contributed by atoms with Crippen LogP contribution in [0.25, 0.3) is 0 Å². The van der Waals surface area contributed by atoms with Crippen LogP contribution in [0.3, 0.4) is 0 Å². The summed E-state index contributed by atoms with van der Waals surface area (Å²) in [4.78, 5) is 13.1. The van der Waals surface area contributed by atoms with E-state index in [9.17, 15) is 21.6 Å². The van der Waals surface area contributed by atoms with Gasteiger partial charge in [0.05, 0.1) is 15.5 Å². The Balaban J connectivity index is 1.60. The summed E-state index contributed by atoms with van der Waals surface area (Å²) >= 11 is 0. The highest BCUT2D eigenvalue weighted by Crippen LogP contribution is 2.28. The third-order valence-electron chi connectivity index (χ3n) is 6.04. The number of carbonyl (C=O) groups excluding carboxylic acids is 1. The molecule has 1 aliphatic rings. The summed E-state index contributed by atoms with van der Waals surface area (Å²) in [6.45, 7) is 8.36.